The molecular formula is C27H32N4O5S. The molecule has 2 aromatic rings. The number of ether oxygens (including phenoxy) is 2. The first-order valence-electron chi connectivity index (χ1n) is 12.3. The number of rotatable bonds is 8. The summed E-state index contributed by atoms with van der Waals surface area (Å²) in [5, 5.41) is 3.06. The highest BCUT2D eigenvalue weighted by molar-refractivity contribution is 8.15. The van der Waals surface area contributed by atoms with E-state index in [0.29, 0.717) is 29.3 Å². The molecule has 0 radical (unpaired) electrons. The molecule has 1 atom stereocenters. The lowest BCUT2D eigenvalue weighted by atomic mass is 10.1. The number of nitrogens with zero attached hydrogens (tertiary/aromatic N) is 3. The Morgan fingerprint density at radius 1 is 1.08 bits per heavy atom. The Morgan fingerprint density at radius 2 is 1.81 bits per heavy atom. The van der Waals surface area contributed by atoms with Gasteiger partial charge in [0.25, 0.3) is 11.8 Å². The lowest BCUT2D eigenvalue weighted by Gasteiger charge is -2.27. The van der Waals surface area contributed by atoms with Crippen LogP contribution in [0, 0.1) is 0 Å². The molecule has 2 aliphatic rings. The third kappa shape index (κ3) is 6.43. The highest BCUT2D eigenvalue weighted by atomic mass is 32.2. The number of methoxy groups -OCH3 is 2. The van der Waals surface area contributed by atoms with Crippen LogP contribution in [0.2, 0.25) is 0 Å². The van der Waals surface area contributed by atoms with E-state index in [1.54, 1.807) is 56.5 Å². The van der Waals surface area contributed by atoms with Gasteiger partial charge in [-0.2, -0.15) is 4.99 Å². The molecule has 37 heavy (non-hydrogen) atoms. The monoisotopic (exact) mass is 524 g/mol. The molecule has 0 unspecified atom stereocenters. The number of thioether (sulfide) groups is 1. The zero-order chi connectivity index (χ0) is 26.4. The van der Waals surface area contributed by atoms with Crippen molar-refractivity contribution in [2.45, 2.75) is 37.5 Å². The Hall–Kier alpha value is -3.53. The van der Waals surface area contributed by atoms with Crippen LogP contribution in [0.4, 0.5) is 5.69 Å². The summed E-state index contributed by atoms with van der Waals surface area (Å²) in [6.07, 6.45) is 3.45. The number of hydrogen-bond donors (Lipinski definition) is 1. The molecule has 3 amide bonds. The number of amidine groups is 1. The third-order valence-corrected chi connectivity index (χ3v) is 7.59. The fourth-order valence-corrected chi connectivity index (χ4v) is 5.55. The maximum absolute atomic E-state index is 13.0. The molecule has 10 heteroatoms. The van der Waals surface area contributed by atoms with Gasteiger partial charge in [-0.05, 0) is 49.6 Å². The fourth-order valence-electron chi connectivity index (χ4n) is 4.43. The van der Waals surface area contributed by atoms with Gasteiger partial charge < -0.3 is 24.6 Å². The second-order valence-electron chi connectivity index (χ2n) is 9.03. The smallest absolute Gasteiger partial charge is 0.262 e. The zero-order valence-electron chi connectivity index (χ0n) is 21.4. The maximum Gasteiger partial charge on any atom is 0.262 e. The Morgan fingerprint density at radius 3 is 2.49 bits per heavy atom. The topological polar surface area (TPSA) is 101 Å². The molecular weight excluding hydrogens is 492 g/mol. The van der Waals surface area contributed by atoms with Crippen molar-refractivity contribution >= 4 is 40.3 Å². The molecule has 9 nitrogen and oxygen atoms in total. The van der Waals surface area contributed by atoms with Gasteiger partial charge in [0.05, 0.1) is 14.2 Å². The van der Waals surface area contributed by atoms with E-state index in [1.165, 1.54) is 18.2 Å². The lowest BCUT2D eigenvalue weighted by molar-refractivity contribution is -0.121. The predicted octanol–water partition coefficient (Wildman–Crippen LogP) is 3.79. The van der Waals surface area contributed by atoms with E-state index in [9.17, 15) is 14.4 Å². The largest absolute Gasteiger partial charge is 0.493 e. The van der Waals surface area contributed by atoms with Crippen molar-refractivity contribution in [3.63, 3.8) is 0 Å². The van der Waals surface area contributed by atoms with E-state index in [1.807, 2.05) is 12.1 Å². The second-order valence-corrected chi connectivity index (χ2v) is 10.2. The summed E-state index contributed by atoms with van der Waals surface area (Å²) < 4.78 is 10.8. The summed E-state index contributed by atoms with van der Waals surface area (Å²) in [5.41, 5.74) is 1.88. The van der Waals surface area contributed by atoms with Crippen molar-refractivity contribution in [2.75, 3.05) is 39.7 Å². The van der Waals surface area contributed by atoms with E-state index < -0.39 is 5.25 Å². The van der Waals surface area contributed by atoms with Crippen LogP contribution in [0.25, 0.3) is 0 Å². The van der Waals surface area contributed by atoms with Gasteiger partial charge in [-0.15, -0.1) is 0 Å². The van der Waals surface area contributed by atoms with Gasteiger partial charge in [0, 0.05) is 49.9 Å². The van der Waals surface area contributed by atoms with Gasteiger partial charge >= 0.3 is 0 Å². The number of aliphatic imine (C=N–C) groups is 1. The summed E-state index contributed by atoms with van der Waals surface area (Å²) in [6.45, 7) is 2.16. The Balaban J connectivity index is 1.30. The van der Waals surface area contributed by atoms with Gasteiger partial charge in [-0.3, -0.25) is 14.4 Å². The van der Waals surface area contributed by atoms with Crippen molar-refractivity contribution in [3.05, 3.63) is 53.6 Å². The van der Waals surface area contributed by atoms with Crippen LogP contribution < -0.4 is 14.8 Å². The molecule has 1 N–H and O–H groups in total. The number of amides is 3. The summed E-state index contributed by atoms with van der Waals surface area (Å²) in [4.78, 5) is 45.8. The van der Waals surface area contributed by atoms with Crippen LogP contribution in [0.3, 0.4) is 0 Å². The molecule has 1 saturated heterocycles. The fraction of sp³-hybridized carbons (Fsp3) is 0.407. The van der Waals surface area contributed by atoms with Crippen LogP contribution in [0.15, 0.2) is 47.5 Å². The van der Waals surface area contributed by atoms with E-state index in [-0.39, 0.29) is 24.1 Å². The SMILES string of the molecule is COc1cccc(CN(C)C(=O)c2ccc(NC(=O)C[C@H]3SC(N4CCCCC4)=NC3=O)cc2)c1OC. The Bertz CT molecular complexity index is 1180. The van der Waals surface area contributed by atoms with Crippen LogP contribution in [-0.4, -0.2) is 72.3 Å². The molecule has 0 saturated carbocycles. The average Bonchev–Trinajstić information content (AvgIpc) is 3.28. The molecule has 2 aromatic carbocycles. The first-order valence-corrected chi connectivity index (χ1v) is 13.2. The van der Waals surface area contributed by atoms with Gasteiger partial charge in [-0.1, -0.05) is 23.9 Å². The number of hydrogen-bond acceptors (Lipinski definition) is 7. The van der Waals surface area contributed by atoms with Gasteiger partial charge in [0.15, 0.2) is 16.7 Å². The standard InChI is InChI=1S/C27H32N4O5S/c1-30(17-19-8-7-9-21(35-2)24(19)36-3)26(34)18-10-12-20(13-11-18)28-23(32)16-22-25(33)29-27(37-22)31-14-5-4-6-15-31/h7-13,22H,4-6,14-17H2,1-3H3,(H,28,32)/t22-/m1/s1. The average molecular weight is 525 g/mol. The Labute approximate surface area is 221 Å². The van der Waals surface area contributed by atoms with Gasteiger partial charge in [0.2, 0.25) is 5.91 Å². The molecule has 2 heterocycles. The van der Waals surface area contributed by atoms with Crippen molar-refractivity contribution in [2.24, 2.45) is 4.99 Å². The molecule has 0 bridgehead atoms. The third-order valence-electron chi connectivity index (χ3n) is 6.38. The molecule has 0 aliphatic carbocycles. The predicted molar refractivity (Wildman–Crippen MR) is 144 cm³/mol. The zero-order valence-corrected chi connectivity index (χ0v) is 22.2. The van der Waals surface area contributed by atoms with E-state index >= 15 is 0 Å². The second kappa shape index (κ2) is 12.1. The number of para-hydroxylation sites is 1. The number of piperidine rings is 1. The van der Waals surface area contributed by atoms with Gasteiger partial charge in [0.1, 0.15) is 5.25 Å². The highest BCUT2D eigenvalue weighted by Gasteiger charge is 2.33. The van der Waals surface area contributed by atoms with Gasteiger partial charge in [-0.25, -0.2) is 0 Å². The highest BCUT2D eigenvalue weighted by Crippen LogP contribution is 2.32. The van der Waals surface area contributed by atoms with E-state index in [0.717, 1.165) is 36.7 Å². The van der Waals surface area contributed by atoms with Crippen molar-refractivity contribution in [1.82, 2.24) is 9.80 Å². The summed E-state index contributed by atoms with van der Waals surface area (Å²) in [7, 11) is 4.85. The van der Waals surface area contributed by atoms with Crippen LogP contribution in [0.1, 0.15) is 41.6 Å². The number of nitrogens with one attached hydrogen (secondary N) is 1. The normalized spacial score (nSPS) is 17.3. The quantitative estimate of drug-likeness (QED) is 0.561. The number of carbonyl (C=O) groups is 3. The number of anilines is 1. The summed E-state index contributed by atoms with van der Waals surface area (Å²) in [5.74, 6) is 0.515. The first-order chi connectivity index (χ1) is 17.9. The molecule has 0 aromatic heterocycles. The number of likely N-dealkylation sites (tertiary alicyclic amines) is 1. The summed E-state index contributed by atoms with van der Waals surface area (Å²) >= 11 is 1.38. The molecule has 2 aliphatic heterocycles. The minimum atomic E-state index is -0.500. The Kier molecular flexibility index (Phi) is 8.70. The molecule has 0 spiro atoms. The van der Waals surface area contributed by atoms with Crippen molar-refractivity contribution in [3.8, 4) is 11.5 Å². The van der Waals surface area contributed by atoms with Crippen molar-refractivity contribution < 1.29 is 23.9 Å². The number of carbonyl (C=O) groups excluding carboxylic acids is 3. The van der Waals surface area contributed by atoms with Crippen LogP contribution in [-0.2, 0) is 16.1 Å². The number of benzene rings is 2. The molecule has 4 rings (SSSR count). The van der Waals surface area contributed by atoms with Crippen LogP contribution in [0.5, 0.6) is 11.5 Å². The van der Waals surface area contributed by atoms with E-state index in [4.69, 9.17) is 9.47 Å². The minimum Gasteiger partial charge on any atom is -0.493 e. The first kappa shape index (κ1) is 26.5. The molecule has 196 valence electrons. The van der Waals surface area contributed by atoms with Crippen molar-refractivity contribution in [1.29, 1.82) is 0 Å². The molecule has 1 fully saturated rings. The lowest BCUT2D eigenvalue weighted by Crippen LogP contribution is -2.33. The van der Waals surface area contributed by atoms with E-state index in [2.05, 4.69) is 15.2 Å². The maximum atomic E-state index is 13.0. The minimum absolute atomic E-state index is 0.0517. The summed E-state index contributed by atoms with van der Waals surface area (Å²) in [6, 6.07) is 12.3. The van der Waals surface area contributed by atoms with Crippen LogP contribution >= 0.6 is 11.8 Å².